The van der Waals surface area contributed by atoms with Crippen LogP contribution in [-0.2, 0) is 5.54 Å². The number of aromatic nitrogens is 1. The molecule has 1 heterocycles. The lowest BCUT2D eigenvalue weighted by Crippen LogP contribution is -2.43. The molecule has 1 saturated carbocycles. The molecule has 2 N–H and O–H groups in total. The zero-order valence-electron chi connectivity index (χ0n) is 10.7. The summed E-state index contributed by atoms with van der Waals surface area (Å²) in [6.45, 7) is 1.87. The number of aryl methyl sites for hydroxylation is 1. The van der Waals surface area contributed by atoms with Crippen molar-refractivity contribution in [3.05, 3.63) is 23.4 Å². The molecule has 100 valence electrons. The summed E-state index contributed by atoms with van der Waals surface area (Å²) in [6.07, 6.45) is 1.89. The molecule has 2 rings (SSSR count). The second-order valence-electron chi connectivity index (χ2n) is 5.06. The van der Waals surface area contributed by atoms with Gasteiger partial charge in [0.15, 0.2) is 0 Å². The zero-order chi connectivity index (χ0) is 13.4. The summed E-state index contributed by atoms with van der Waals surface area (Å²) in [7, 11) is 1.55. The Labute approximate surface area is 105 Å². The van der Waals surface area contributed by atoms with Crippen LogP contribution in [0.25, 0.3) is 0 Å². The molecule has 5 heteroatoms. The predicted octanol–water partition coefficient (Wildman–Crippen LogP) is 2.76. The number of hydrogen-bond donors (Lipinski definition) is 1. The smallest absolute Gasteiger partial charge is 0.248 e. The molecule has 18 heavy (non-hydrogen) atoms. The first-order chi connectivity index (χ1) is 8.36. The molecule has 0 unspecified atom stereocenters. The van der Waals surface area contributed by atoms with Crippen molar-refractivity contribution in [2.24, 2.45) is 5.73 Å². The van der Waals surface area contributed by atoms with E-state index in [1.807, 2.05) is 13.0 Å². The van der Waals surface area contributed by atoms with Gasteiger partial charge >= 0.3 is 0 Å². The molecular weight excluding hydrogens is 238 g/mol. The lowest BCUT2D eigenvalue weighted by Gasteiger charge is -2.37. The van der Waals surface area contributed by atoms with Gasteiger partial charge in [-0.3, -0.25) is 0 Å². The largest absolute Gasteiger partial charge is 0.481 e. The normalized spacial score (nSPS) is 21.6. The van der Waals surface area contributed by atoms with Crippen molar-refractivity contribution < 1.29 is 13.5 Å². The minimum atomic E-state index is -2.57. The van der Waals surface area contributed by atoms with E-state index in [0.29, 0.717) is 5.88 Å². The highest BCUT2D eigenvalue weighted by Crippen LogP contribution is 2.42. The topological polar surface area (TPSA) is 48.1 Å². The van der Waals surface area contributed by atoms with E-state index in [-0.39, 0.29) is 25.7 Å². The lowest BCUT2D eigenvalue weighted by molar-refractivity contribution is -0.0514. The molecule has 0 radical (unpaired) electrons. The van der Waals surface area contributed by atoms with Gasteiger partial charge in [0.1, 0.15) is 0 Å². The highest BCUT2D eigenvalue weighted by atomic mass is 19.3. The van der Waals surface area contributed by atoms with Gasteiger partial charge in [0.05, 0.1) is 7.11 Å². The first-order valence-electron chi connectivity index (χ1n) is 6.04. The molecule has 1 aromatic rings. The minimum Gasteiger partial charge on any atom is -0.481 e. The molecule has 1 aliphatic carbocycles. The molecule has 0 amide bonds. The summed E-state index contributed by atoms with van der Waals surface area (Å²) in [4.78, 5) is 4.16. The summed E-state index contributed by atoms with van der Waals surface area (Å²) < 4.78 is 31.4. The van der Waals surface area contributed by atoms with E-state index in [4.69, 9.17) is 10.5 Å². The summed E-state index contributed by atoms with van der Waals surface area (Å²) >= 11 is 0. The molecule has 0 aromatic carbocycles. The van der Waals surface area contributed by atoms with Gasteiger partial charge in [-0.15, -0.1) is 0 Å². The Balaban J connectivity index is 2.23. The van der Waals surface area contributed by atoms with Gasteiger partial charge < -0.3 is 10.5 Å². The first kappa shape index (κ1) is 13.2. The van der Waals surface area contributed by atoms with Crippen molar-refractivity contribution in [1.29, 1.82) is 0 Å². The lowest BCUT2D eigenvalue weighted by atomic mass is 9.76. The van der Waals surface area contributed by atoms with Gasteiger partial charge in [0, 0.05) is 30.1 Å². The van der Waals surface area contributed by atoms with Crippen LogP contribution in [0.5, 0.6) is 5.88 Å². The Morgan fingerprint density at radius 3 is 2.39 bits per heavy atom. The van der Waals surface area contributed by atoms with E-state index < -0.39 is 11.5 Å². The van der Waals surface area contributed by atoms with E-state index in [0.717, 1.165) is 11.1 Å². The second kappa shape index (κ2) is 4.46. The maximum absolute atomic E-state index is 13.2. The molecule has 0 atom stereocenters. The van der Waals surface area contributed by atoms with Crippen LogP contribution in [0.15, 0.2) is 12.3 Å². The quantitative estimate of drug-likeness (QED) is 0.885. The molecule has 1 fully saturated rings. The van der Waals surface area contributed by atoms with E-state index >= 15 is 0 Å². The molecule has 3 nitrogen and oxygen atoms in total. The molecule has 1 aliphatic rings. The predicted molar refractivity (Wildman–Crippen MR) is 64.8 cm³/mol. The average molecular weight is 256 g/mol. The van der Waals surface area contributed by atoms with E-state index in [1.54, 1.807) is 13.3 Å². The number of ether oxygens (including phenoxy) is 1. The number of nitrogens with zero attached hydrogens (tertiary/aromatic N) is 1. The van der Waals surface area contributed by atoms with Gasteiger partial charge in [-0.1, -0.05) is 0 Å². The van der Waals surface area contributed by atoms with Gasteiger partial charge in [0.2, 0.25) is 11.8 Å². The third kappa shape index (κ3) is 2.46. The highest BCUT2D eigenvalue weighted by molar-refractivity contribution is 5.32. The zero-order valence-corrected chi connectivity index (χ0v) is 10.7. The molecule has 0 aliphatic heterocycles. The van der Waals surface area contributed by atoms with Gasteiger partial charge in [-0.05, 0) is 31.4 Å². The van der Waals surface area contributed by atoms with Crippen LogP contribution in [0.3, 0.4) is 0 Å². The molecule has 0 bridgehead atoms. The van der Waals surface area contributed by atoms with Crippen LogP contribution in [0.2, 0.25) is 0 Å². The Morgan fingerprint density at radius 1 is 1.28 bits per heavy atom. The van der Waals surface area contributed by atoms with Crippen molar-refractivity contribution in [2.75, 3.05) is 7.11 Å². The number of nitrogens with two attached hydrogens (primary N) is 1. The Kier molecular flexibility index (Phi) is 3.27. The monoisotopic (exact) mass is 256 g/mol. The molecular formula is C13H18F2N2O. The van der Waals surface area contributed by atoms with Gasteiger partial charge in [-0.2, -0.15) is 0 Å². The SMILES string of the molecule is COc1ncc(C2(N)CCC(F)(F)CC2)cc1C. The van der Waals surface area contributed by atoms with Crippen LogP contribution in [0.4, 0.5) is 8.78 Å². The van der Waals surface area contributed by atoms with E-state index in [9.17, 15) is 8.78 Å². The number of rotatable bonds is 2. The van der Waals surface area contributed by atoms with Crippen molar-refractivity contribution in [1.82, 2.24) is 4.98 Å². The molecule has 1 aromatic heterocycles. The van der Waals surface area contributed by atoms with Crippen molar-refractivity contribution in [3.63, 3.8) is 0 Å². The third-order valence-corrected chi connectivity index (χ3v) is 3.67. The number of hydrogen-bond acceptors (Lipinski definition) is 3. The molecule has 0 saturated heterocycles. The average Bonchev–Trinajstić information content (AvgIpc) is 2.33. The maximum atomic E-state index is 13.2. The van der Waals surface area contributed by atoms with Crippen LogP contribution in [0, 0.1) is 6.92 Å². The standard InChI is InChI=1S/C13H18F2N2O/c1-9-7-10(8-17-11(9)18-2)12(16)3-5-13(14,15)6-4-12/h7-8H,3-6,16H2,1-2H3. The fraction of sp³-hybridized carbons (Fsp3) is 0.615. The van der Waals surface area contributed by atoms with Crippen LogP contribution >= 0.6 is 0 Å². The fourth-order valence-corrected chi connectivity index (χ4v) is 2.40. The second-order valence-corrected chi connectivity index (χ2v) is 5.06. The third-order valence-electron chi connectivity index (χ3n) is 3.67. The van der Waals surface area contributed by atoms with Crippen LogP contribution in [-0.4, -0.2) is 18.0 Å². The van der Waals surface area contributed by atoms with Crippen LogP contribution in [0.1, 0.15) is 36.8 Å². The summed E-state index contributed by atoms with van der Waals surface area (Å²) in [5.74, 6) is -2.03. The van der Waals surface area contributed by atoms with Gasteiger partial charge in [-0.25, -0.2) is 13.8 Å². The van der Waals surface area contributed by atoms with Crippen molar-refractivity contribution in [2.45, 2.75) is 44.1 Å². The fourth-order valence-electron chi connectivity index (χ4n) is 2.40. The maximum Gasteiger partial charge on any atom is 0.248 e. The minimum absolute atomic E-state index is 0.158. The number of methoxy groups -OCH3 is 1. The number of pyridine rings is 1. The van der Waals surface area contributed by atoms with Crippen molar-refractivity contribution in [3.8, 4) is 5.88 Å². The Hall–Kier alpha value is -1.23. The van der Waals surface area contributed by atoms with E-state index in [2.05, 4.69) is 4.98 Å². The van der Waals surface area contributed by atoms with Gasteiger partial charge in [0.25, 0.3) is 0 Å². The first-order valence-corrected chi connectivity index (χ1v) is 6.04. The number of halogens is 2. The Morgan fingerprint density at radius 2 is 1.89 bits per heavy atom. The highest BCUT2D eigenvalue weighted by Gasteiger charge is 2.42. The van der Waals surface area contributed by atoms with Crippen molar-refractivity contribution >= 4 is 0 Å². The summed E-state index contributed by atoms with van der Waals surface area (Å²) in [6, 6.07) is 1.88. The summed E-state index contributed by atoms with van der Waals surface area (Å²) in [5, 5.41) is 0. The Bertz CT molecular complexity index is 439. The van der Waals surface area contributed by atoms with E-state index in [1.165, 1.54) is 0 Å². The molecule has 0 spiro atoms. The number of alkyl halides is 2. The summed E-state index contributed by atoms with van der Waals surface area (Å²) in [5.41, 5.74) is 7.25. The van der Waals surface area contributed by atoms with Crippen LogP contribution < -0.4 is 10.5 Å².